The zero-order valence-corrected chi connectivity index (χ0v) is 18.0. The quantitative estimate of drug-likeness (QED) is 0.348. The van der Waals surface area contributed by atoms with Crippen molar-refractivity contribution in [2.75, 3.05) is 11.1 Å². The van der Waals surface area contributed by atoms with Crippen molar-refractivity contribution in [1.29, 1.82) is 0 Å². The second kappa shape index (κ2) is 8.41. The third kappa shape index (κ3) is 3.75. The van der Waals surface area contributed by atoms with E-state index in [1.807, 2.05) is 22.8 Å². The lowest BCUT2D eigenvalue weighted by molar-refractivity contribution is -0.113. The number of ketones is 1. The van der Waals surface area contributed by atoms with Gasteiger partial charge >= 0.3 is 0 Å². The Labute approximate surface area is 179 Å². The lowest BCUT2D eigenvalue weighted by atomic mass is 10.1. The Morgan fingerprint density at radius 2 is 1.93 bits per heavy atom. The molecule has 3 heterocycles. The first-order valence-corrected chi connectivity index (χ1v) is 11.2. The number of carbonyl (C=O) groups excluding carboxylic acids is 2. The molecular weight excluding hydrogens is 422 g/mol. The molecule has 10 heteroatoms. The molecule has 1 aromatic carbocycles. The predicted octanol–water partition coefficient (Wildman–Crippen LogP) is 3.45. The number of fused-ring (bicyclic) bond motifs is 3. The number of nitrogens with zero attached hydrogens (tertiary/aromatic N) is 4. The smallest absolute Gasteiger partial charge is 0.272 e. The molecule has 0 saturated carbocycles. The van der Waals surface area contributed by atoms with Crippen molar-refractivity contribution in [2.45, 2.75) is 32.0 Å². The molecule has 0 radical (unpaired) electrons. The average Bonchev–Trinajstić information content (AvgIpc) is 3.37. The van der Waals surface area contributed by atoms with Crippen molar-refractivity contribution in [3.63, 3.8) is 0 Å². The molecule has 154 valence electrons. The number of thioether (sulfide) groups is 1. The number of anilines is 1. The van der Waals surface area contributed by atoms with E-state index >= 15 is 0 Å². The average molecular weight is 442 g/mol. The lowest BCUT2D eigenvalue weighted by Gasteiger charge is -2.08. The number of hydrogen-bond acceptors (Lipinski definition) is 7. The van der Waals surface area contributed by atoms with E-state index < -0.39 is 0 Å². The van der Waals surface area contributed by atoms with Crippen molar-refractivity contribution < 1.29 is 9.59 Å². The molecule has 4 aromatic rings. The van der Waals surface area contributed by atoms with Gasteiger partial charge < -0.3 is 5.32 Å². The minimum absolute atomic E-state index is 0.0246. The van der Waals surface area contributed by atoms with Gasteiger partial charge in [-0.1, -0.05) is 18.7 Å². The number of aryl methyl sites for hydroxylation is 1. The van der Waals surface area contributed by atoms with Gasteiger partial charge in [0.05, 0.1) is 11.3 Å². The summed E-state index contributed by atoms with van der Waals surface area (Å²) in [5.74, 6) is 0.392. The van der Waals surface area contributed by atoms with Crippen molar-refractivity contribution in [2.24, 2.45) is 0 Å². The first-order valence-electron chi connectivity index (χ1n) is 9.38. The molecule has 8 nitrogen and oxygen atoms in total. The summed E-state index contributed by atoms with van der Waals surface area (Å²) in [5, 5.41) is 13.7. The van der Waals surface area contributed by atoms with E-state index in [0.29, 0.717) is 33.4 Å². The normalized spacial score (nSPS) is 11.3. The largest absolute Gasteiger partial charge is 0.325 e. The topological polar surface area (TPSA) is 98.4 Å². The first kappa shape index (κ1) is 20.3. The van der Waals surface area contributed by atoms with Gasteiger partial charge in [-0.25, -0.2) is 0 Å². The van der Waals surface area contributed by atoms with Crippen molar-refractivity contribution in [1.82, 2.24) is 19.2 Å². The highest BCUT2D eigenvalue weighted by molar-refractivity contribution is 7.99. The summed E-state index contributed by atoms with van der Waals surface area (Å²) in [5.41, 5.74) is 1.90. The molecule has 0 fully saturated rings. The summed E-state index contributed by atoms with van der Waals surface area (Å²) in [4.78, 5) is 36.5. The molecule has 0 spiro atoms. The summed E-state index contributed by atoms with van der Waals surface area (Å²) in [6, 6.07) is 8.62. The third-order valence-corrected chi connectivity index (χ3v) is 6.36. The fourth-order valence-electron chi connectivity index (χ4n) is 3.13. The van der Waals surface area contributed by atoms with E-state index in [2.05, 4.69) is 15.5 Å². The molecule has 4 rings (SSSR count). The zero-order chi connectivity index (χ0) is 21.3. The maximum Gasteiger partial charge on any atom is 0.272 e. The van der Waals surface area contributed by atoms with Crippen LogP contribution in [0.2, 0.25) is 0 Å². The molecule has 3 aromatic heterocycles. The number of aromatic nitrogens is 4. The Kier molecular flexibility index (Phi) is 5.69. The van der Waals surface area contributed by atoms with Crippen LogP contribution in [0.15, 0.2) is 45.7 Å². The summed E-state index contributed by atoms with van der Waals surface area (Å²) in [6.07, 6.45) is 0.798. The highest BCUT2D eigenvalue weighted by Crippen LogP contribution is 2.24. The Morgan fingerprint density at radius 3 is 2.63 bits per heavy atom. The monoisotopic (exact) mass is 441 g/mol. The van der Waals surface area contributed by atoms with Crippen LogP contribution in [0.3, 0.4) is 0 Å². The number of hydrogen-bond donors (Lipinski definition) is 1. The van der Waals surface area contributed by atoms with Crippen LogP contribution in [-0.4, -0.2) is 36.6 Å². The van der Waals surface area contributed by atoms with Gasteiger partial charge in [-0.3, -0.25) is 23.4 Å². The third-order valence-electron chi connectivity index (χ3n) is 4.54. The molecule has 0 bridgehead atoms. The molecule has 0 atom stereocenters. The molecule has 0 aliphatic rings. The second-order valence-corrected chi connectivity index (χ2v) is 8.54. The Bertz CT molecular complexity index is 1300. The van der Waals surface area contributed by atoms with Crippen LogP contribution in [0.5, 0.6) is 0 Å². The standard InChI is InChI=1S/C20H19N5O3S2/c1-3-9-24-18(28)17-15(8-10-29-17)25-19(24)22-23-20(25)30-11-16(27)21-14-6-4-13(5-7-14)12(2)26/h4-8,10H,3,9,11H2,1-2H3,(H,21,27). The van der Waals surface area contributed by atoms with E-state index in [9.17, 15) is 14.4 Å². The molecule has 0 aliphatic heterocycles. The van der Waals surface area contributed by atoms with Crippen molar-refractivity contribution in [3.8, 4) is 0 Å². The molecule has 0 unspecified atom stereocenters. The fraction of sp³-hybridized carbons (Fsp3) is 0.250. The van der Waals surface area contributed by atoms with Gasteiger partial charge in [0.25, 0.3) is 5.56 Å². The predicted molar refractivity (Wildman–Crippen MR) is 119 cm³/mol. The van der Waals surface area contributed by atoms with Gasteiger partial charge in [0.15, 0.2) is 10.9 Å². The Hall–Kier alpha value is -2.98. The minimum atomic E-state index is -0.198. The van der Waals surface area contributed by atoms with Gasteiger partial charge in [0.2, 0.25) is 11.7 Å². The highest BCUT2D eigenvalue weighted by Gasteiger charge is 2.18. The van der Waals surface area contributed by atoms with Crippen LogP contribution in [0.1, 0.15) is 30.6 Å². The Morgan fingerprint density at radius 1 is 1.17 bits per heavy atom. The molecule has 30 heavy (non-hydrogen) atoms. The fourth-order valence-corrected chi connectivity index (χ4v) is 4.70. The summed E-state index contributed by atoms with van der Waals surface area (Å²) in [7, 11) is 0. The number of rotatable bonds is 7. The highest BCUT2D eigenvalue weighted by atomic mass is 32.2. The van der Waals surface area contributed by atoms with Gasteiger partial charge in [-0.05, 0) is 49.1 Å². The van der Waals surface area contributed by atoms with Crippen molar-refractivity contribution in [3.05, 3.63) is 51.6 Å². The van der Waals surface area contributed by atoms with Gasteiger partial charge in [-0.2, -0.15) is 0 Å². The number of carbonyl (C=O) groups is 2. The zero-order valence-electron chi connectivity index (χ0n) is 16.4. The number of benzene rings is 1. The van der Waals surface area contributed by atoms with E-state index in [-0.39, 0.29) is 23.0 Å². The van der Waals surface area contributed by atoms with Crippen LogP contribution in [0.25, 0.3) is 16.0 Å². The van der Waals surface area contributed by atoms with Gasteiger partial charge in [0, 0.05) is 17.8 Å². The molecule has 1 N–H and O–H groups in total. The van der Waals surface area contributed by atoms with E-state index in [1.165, 1.54) is 30.0 Å². The summed E-state index contributed by atoms with van der Waals surface area (Å²) < 4.78 is 4.11. The van der Waals surface area contributed by atoms with Gasteiger partial charge in [0.1, 0.15) is 4.70 Å². The molecule has 1 amide bonds. The Balaban J connectivity index is 1.56. The van der Waals surface area contributed by atoms with Crippen LogP contribution >= 0.6 is 23.1 Å². The maximum absolute atomic E-state index is 12.7. The lowest BCUT2D eigenvalue weighted by Crippen LogP contribution is -2.22. The van der Waals surface area contributed by atoms with E-state index in [4.69, 9.17) is 0 Å². The molecular formula is C20H19N5O3S2. The number of thiophene rings is 1. The van der Waals surface area contributed by atoms with Crippen LogP contribution in [0.4, 0.5) is 5.69 Å². The summed E-state index contributed by atoms with van der Waals surface area (Å²) >= 11 is 2.64. The SMILES string of the molecule is CCCn1c(=O)c2sccc2n2c(SCC(=O)Nc3ccc(C(C)=O)cc3)nnc12. The van der Waals surface area contributed by atoms with E-state index in [1.54, 1.807) is 28.8 Å². The number of amides is 1. The van der Waals surface area contributed by atoms with Gasteiger partial charge in [-0.15, -0.1) is 21.5 Å². The maximum atomic E-state index is 12.7. The second-order valence-electron chi connectivity index (χ2n) is 6.68. The molecule has 0 aliphatic carbocycles. The minimum Gasteiger partial charge on any atom is -0.325 e. The number of nitrogens with one attached hydrogen (secondary N) is 1. The van der Waals surface area contributed by atoms with Crippen LogP contribution in [-0.2, 0) is 11.3 Å². The summed E-state index contributed by atoms with van der Waals surface area (Å²) in [6.45, 7) is 4.05. The van der Waals surface area contributed by atoms with E-state index in [0.717, 1.165) is 11.9 Å². The number of Topliss-reactive ketones (excluding diaryl/α,β-unsaturated/α-hetero) is 1. The first-order chi connectivity index (χ1) is 14.5. The molecule has 0 saturated heterocycles. The van der Waals surface area contributed by atoms with Crippen molar-refractivity contribution >= 4 is 56.5 Å². The van der Waals surface area contributed by atoms with Crippen LogP contribution in [0, 0.1) is 0 Å². The van der Waals surface area contributed by atoms with Crippen LogP contribution < -0.4 is 10.9 Å².